The maximum atomic E-state index is 11.2. The molecule has 0 unspecified atom stereocenters. The number of hydrogen-bond acceptors (Lipinski definition) is 2. The van der Waals surface area contributed by atoms with Gasteiger partial charge >= 0.3 is 0 Å². The molecule has 1 amide bonds. The summed E-state index contributed by atoms with van der Waals surface area (Å²) in [5, 5.41) is 4.05. The van der Waals surface area contributed by atoms with Crippen molar-refractivity contribution in [2.75, 3.05) is 14.1 Å². The van der Waals surface area contributed by atoms with E-state index < -0.39 is 0 Å². The molecule has 0 fully saturated rings. The van der Waals surface area contributed by atoms with Crippen LogP contribution in [0.1, 0.15) is 12.8 Å². The van der Waals surface area contributed by atoms with Crippen LogP contribution >= 0.6 is 0 Å². The molecule has 0 N–H and O–H groups in total. The Morgan fingerprint density at radius 3 is 2.85 bits per heavy atom. The summed E-state index contributed by atoms with van der Waals surface area (Å²) in [7, 11) is 3.55. The number of nitrogens with zero attached hydrogens (tertiary/aromatic N) is 3. The molecule has 0 bridgehead atoms. The van der Waals surface area contributed by atoms with Crippen LogP contribution in [0.2, 0.25) is 0 Å². The average molecular weight is 181 g/mol. The van der Waals surface area contributed by atoms with Gasteiger partial charge in [-0.2, -0.15) is 5.10 Å². The van der Waals surface area contributed by atoms with Crippen molar-refractivity contribution in [3.05, 3.63) is 18.5 Å². The summed E-state index contributed by atoms with van der Waals surface area (Å²) in [6, 6.07) is 1.88. The fourth-order valence-corrected chi connectivity index (χ4v) is 1.05. The average Bonchev–Trinajstić information content (AvgIpc) is 2.56. The third-order valence-corrected chi connectivity index (χ3v) is 1.84. The number of hydrogen-bond donors (Lipinski definition) is 0. The van der Waals surface area contributed by atoms with Crippen molar-refractivity contribution < 1.29 is 4.79 Å². The van der Waals surface area contributed by atoms with Gasteiger partial charge in [-0.25, -0.2) is 0 Å². The highest BCUT2D eigenvalue weighted by molar-refractivity contribution is 5.75. The van der Waals surface area contributed by atoms with Gasteiger partial charge in [0.25, 0.3) is 0 Å². The summed E-state index contributed by atoms with van der Waals surface area (Å²) in [6.45, 7) is 0.812. The summed E-state index contributed by atoms with van der Waals surface area (Å²) in [5.41, 5.74) is 0. The molecule has 0 aliphatic heterocycles. The first-order valence-electron chi connectivity index (χ1n) is 4.38. The molecule has 1 aromatic heterocycles. The predicted octanol–water partition coefficient (Wildman–Crippen LogP) is 0.751. The molecule has 0 radical (unpaired) electrons. The Balaban J connectivity index is 2.18. The number of carbonyl (C=O) groups is 1. The number of aryl methyl sites for hydroxylation is 1. The van der Waals surface area contributed by atoms with Crippen LogP contribution in [-0.4, -0.2) is 34.7 Å². The van der Waals surface area contributed by atoms with Crippen molar-refractivity contribution in [2.24, 2.45) is 0 Å². The van der Waals surface area contributed by atoms with Crippen LogP contribution in [0.4, 0.5) is 0 Å². The monoisotopic (exact) mass is 181 g/mol. The van der Waals surface area contributed by atoms with Gasteiger partial charge in [-0.15, -0.1) is 0 Å². The third kappa shape index (κ3) is 3.27. The standard InChI is InChI=1S/C9H15N3O/c1-11(2)9(13)5-3-7-12-8-4-6-10-12/h4,6,8H,3,5,7H2,1-2H3. The van der Waals surface area contributed by atoms with Crippen LogP contribution in [0.25, 0.3) is 0 Å². The highest BCUT2D eigenvalue weighted by atomic mass is 16.2. The van der Waals surface area contributed by atoms with Gasteiger partial charge in [-0.3, -0.25) is 9.48 Å². The number of amides is 1. The van der Waals surface area contributed by atoms with Gasteiger partial charge in [0, 0.05) is 39.5 Å². The second-order valence-electron chi connectivity index (χ2n) is 3.16. The zero-order valence-corrected chi connectivity index (χ0v) is 8.10. The van der Waals surface area contributed by atoms with E-state index in [4.69, 9.17) is 0 Å². The molecule has 4 nitrogen and oxygen atoms in total. The van der Waals surface area contributed by atoms with Crippen LogP contribution < -0.4 is 0 Å². The van der Waals surface area contributed by atoms with Gasteiger partial charge in [0.2, 0.25) is 5.91 Å². The lowest BCUT2D eigenvalue weighted by atomic mass is 10.3. The van der Waals surface area contributed by atoms with Gasteiger partial charge < -0.3 is 4.90 Å². The smallest absolute Gasteiger partial charge is 0.222 e. The van der Waals surface area contributed by atoms with Crippen molar-refractivity contribution in [3.8, 4) is 0 Å². The van der Waals surface area contributed by atoms with Crippen molar-refractivity contribution >= 4 is 5.91 Å². The highest BCUT2D eigenvalue weighted by Crippen LogP contribution is 1.96. The van der Waals surface area contributed by atoms with E-state index in [1.165, 1.54) is 0 Å². The molecule has 4 heteroatoms. The van der Waals surface area contributed by atoms with E-state index in [0.717, 1.165) is 13.0 Å². The van der Waals surface area contributed by atoms with Gasteiger partial charge in [0.05, 0.1) is 0 Å². The van der Waals surface area contributed by atoms with Gasteiger partial charge in [0.1, 0.15) is 0 Å². The van der Waals surface area contributed by atoms with Gasteiger partial charge in [-0.1, -0.05) is 0 Å². The van der Waals surface area contributed by atoms with Crippen LogP contribution in [0.5, 0.6) is 0 Å². The van der Waals surface area contributed by atoms with E-state index in [-0.39, 0.29) is 5.91 Å². The van der Waals surface area contributed by atoms with Crippen molar-refractivity contribution in [1.82, 2.24) is 14.7 Å². The van der Waals surface area contributed by atoms with E-state index in [0.29, 0.717) is 6.42 Å². The maximum Gasteiger partial charge on any atom is 0.222 e. The fraction of sp³-hybridized carbons (Fsp3) is 0.556. The minimum Gasteiger partial charge on any atom is -0.349 e. The topological polar surface area (TPSA) is 38.1 Å². The number of aromatic nitrogens is 2. The normalized spacial score (nSPS) is 10.0. The van der Waals surface area contributed by atoms with Crippen molar-refractivity contribution in [3.63, 3.8) is 0 Å². The number of rotatable bonds is 4. The van der Waals surface area contributed by atoms with Crippen LogP contribution in [0, 0.1) is 0 Å². The van der Waals surface area contributed by atoms with E-state index in [9.17, 15) is 4.79 Å². The first-order valence-corrected chi connectivity index (χ1v) is 4.38. The van der Waals surface area contributed by atoms with Crippen LogP contribution in [-0.2, 0) is 11.3 Å². The Labute approximate surface area is 78.1 Å². The first-order chi connectivity index (χ1) is 6.20. The second-order valence-corrected chi connectivity index (χ2v) is 3.16. The molecule has 1 rings (SSSR count). The Morgan fingerprint density at radius 2 is 2.31 bits per heavy atom. The summed E-state index contributed by atoms with van der Waals surface area (Å²) < 4.78 is 1.84. The van der Waals surface area contributed by atoms with Crippen LogP contribution in [0.3, 0.4) is 0 Å². The summed E-state index contributed by atoms with van der Waals surface area (Å²) in [6.07, 6.45) is 5.08. The Bertz CT molecular complexity index is 254. The second kappa shape index (κ2) is 4.64. The molecule has 1 heterocycles. The van der Waals surface area contributed by atoms with Gasteiger partial charge in [-0.05, 0) is 12.5 Å². The molecule has 0 aromatic carbocycles. The molecule has 1 aromatic rings. The largest absolute Gasteiger partial charge is 0.349 e. The Hall–Kier alpha value is -1.32. The lowest BCUT2D eigenvalue weighted by Crippen LogP contribution is -2.21. The minimum absolute atomic E-state index is 0.173. The lowest BCUT2D eigenvalue weighted by Gasteiger charge is -2.09. The highest BCUT2D eigenvalue weighted by Gasteiger charge is 2.02. The minimum atomic E-state index is 0.173. The van der Waals surface area contributed by atoms with E-state index in [1.807, 2.05) is 16.9 Å². The Kier molecular flexibility index (Phi) is 3.49. The summed E-state index contributed by atoms with van der Waals surface area (Å²) >= 11 is 0. The van der Waals surface area contributed by atoms with E-state index >= 15 is 0 Å². The van der Waals surface area contributed by atoms with Gasteiger partial charge in [0.15, 0.2) is 0 Å². The zero-order chi connectivity index (χ0) is 9.68. The SMILES string of the molecule is CN(C)C(=O)CCCn1cccn1. The third-order valence-electron chi connectivity index (χ3n) is 1.84. The lowest BCUT2D eigenvalue weighted by molar-refractivity contribution is -0.128. The van der Waals surface area contributed by atoms with Crippen molar-refractivity contribution in [2.45, 2.75) is 19.4 Å². The maximum absolute atomic E-state index is 11.2. The molecule has 72 valence electrons. The molecule has 0 saturated carbocycles. The molecular weight excluding hydrogens is 166 g/mol. The van der Waals surface area contributed by atoms with Crippen LogP contribution in [0.15, 0.2) is 18.5 Å². The first kappa shape index (κ1) is 9.77. The quantitative estimate of drug-likeness (QED) is 0.687. The molecule has 0 saturated heterocycles. The molecule has 13 heavy (non-hydrogen) atoms. The predicted molar refractivity (Wildman–Crippen MR) is 50.2 cm³/mol. The molecule has 0 aliphatic carbocycles. The van der Waals surface area contributed by atoms with E-state index in [1.54, 1.807) is 25.2 Å². The molecule has 0 aliphatic rings. The molecule has 0 spiro atoms. The number of carbonyl (C=O) groups excluding carboxylic acids is 1. The Morgan fingerprint density at radius 1 is 1.54 bits per heavy atom. The molecule has 0 atom stereocenters. The van der Waals surface area contributed by atoms with E-state index in [2.05, 4.69) is 5.10 Å². The summed E-state index contributed by atoms with van der Waals surface area (Å²) in [5.74, 6) is 0.173. The summed E-state index contributed by atoms with van der Waals surface area (Å²) in [4.78, 5) is 12.8. The zero-order valence-electron chi connectivity index (χ0n) is 8.10. The van der Waals surface area contributed by atoms with Crippen molar-refractivity contribution in [1.29, 1.82) is 0 Å². The molecular formula is C9H15N3O. The fourth-order valence-electron chi connectivity index (χ4n) is 1.05.